The van der Waals surface area contributed by atoms with Gasteiger partial charge in [-0.05, 0) is 24.6 Å². The molecular weight excluding hydrogens is 186 g/mol. The number of ether oxygens (including phenoxy) is 1. The van der Waals surface area contributed by atoms with Crippen LogP contribution >= 0.6 is 0 Å². The summed E-state index contributed by atoms with van der Waals surface area (Å²) in [7, 11) is 3.56. The summed E-state index contributed by atoms with van der Waals surface area (Å²) >= 11 is 0. The Morgan fingerprint density at radius 1 is 1.07 bits per heavy atom. The average molecular weight is 211 g/mol. The summed E-state index contributed by atoms with van der Waals surface area (Å²) in [4.78, 5) is 0. The lowest BCUT2D eigenvalue weighted by atomic mass is 10.2. The molecule has 0 aliphatic heterocycles. The zero-order valence-electron chi connectivity index (χ0n) is 11.1. The van der Waals surface area contributed by atoms with Crippen LogP contribution in [0.15, 0.2) is 18.2 Å². The zero-order valence-corrected chi connectivity index (χ0v) is 11.1. The summed E-state index contributed by atoms with van der Waals surface area (Å²) in [6, 6.07) is 6.06. The van der Waals surface area contributed by atoms with E-state index in [0.29, 0.717) is 0 Å². The summed E-state index contributed by atoms with van der Waals surface area (Å²) in [5.41, 5.74) is 2.24. The molecule has 0 aromatic heterocycles. The van der Waals surface area contributed by atoms with Gasteiger partial charge >= 0.3 is 0 Å². The number of hydrogen-bond donors (Lipinski definition) is 1. The minimum Gasteiger partial charge on any atom is -0.495 e. The van der Waals surface area contributed by atoms with E-state index in [1.807, 2.05) is 59.9 Å². The molecule has 0 fully saturated rings. The molecule has 0 aliphatic carbocycles. The van der Waals surface area contributed by atoms with Gasteiger partial charge in [-0.25, -0.2) is 0 Å². The summed E-state index contributed by atoms with van der Waals surface area (Å²) in [6.45, 7) is 10.0. The van der Waals surface area contributed by atoms with E-state index < -0.39 is 0 Å². The fourth-order valence-electron chi connectivity index (χ4n) is 1.00. The third kappa shape index (κ3) is 6.00. The zero-order chi connectivity index (χ0) is 12.3. The summed E-state index contributed by atoms with van der Waals surface area (Å²) < 4.78 is 5.15. The minimum atomic E-state index is 0.896. The van der Waals surface area contributed by atoms with Gasteiger partial charge in [-0.15, -0.1) is 0 Å². The second-order valence-corrected chi connectivity index (χ2v) is 2.45. The standard InChI is InChI=1S/C9H13NO.2C2H6/c1-7-4-5-8(10-2)9(6-7)11-3;2*1-2/h4-6,10H,1-3H3;2*1-2H3. The van der Waals surface area contributed by atoms with Crippen molar-refractivity contribution in [1.82, 2.24) is 0 Å². The van der Waals surface area contributed by atoms with E-state index in [2.05, 4.69) is 5.32 Å². The van der Waals surface area contributed by atoms with Gasteiger partial charge in [0.1, 0.15) is 5.75 Å². The summed E-state index contributed by atoms with van der Waals surface area (Å²) in [6.07, 6.45) is 0. The van der Waals surface area contributed by atoms with Gasteiger partial charge in [0.2, 0.25) is 0 Å². The van der Waals surface area contributed by atoms with Crippen molar-refractivity contribution in [2.24, 2.45) is 0 Å². The van der Waals surface area contributed by atoms with Crippen LogP contribution in [0.2, 0.25) is 0 Å². The number of hydrogen-bond acceptors (Lipinski definition) is 2. The maximum absolute atomic E-state index is 5.15. The SMILES string of the molecule is CC.CC.CNc1ccc(C)cc1OC. The van der Waals surface area contributed by atoms with Crippen LogP contribution < -0.4 is 10.1 Å². The third-order valence-corrected chi connectivity index (χ3v) is 1.63. The summed E-state index contributed by atoms with van der Waals surface area (Å²) in [5, 5.41) is 3.05. The first-order valence-corrected chi connectivity index (χ1v) is 5.60. The van der Waals surface area contributed by atoms with Gasteiger partial charge < -0.3 is 10.1 Å². The van der Waals surface area contributed by atoms with Gasteiger partial charge in [0, 0.05) is 7.05 Å². The molecule has 0 saturated heterocycles. The highest BCUT2D eigenvalue weighted by molar-refractivity contribution is 5.57. The Hall–Kier alpha value is -1.18. The number of anilines is 1. The van der Waals surface area contributed by atoms with E-state index in [4.69, 9.17) is 4.74 Å². The molecular formula is C13H25NO. The van der Waals surface area contributed by atoms with E-state index in [9.17, 15) is 0 Å². The number of aryl methyl sites for hydroxylation is 1. The van der Waals surface area contributed by atoms with Crippen molar-refractivity contribution in [1.29, 1.82) is 0 Å². The molecule has 1 N–H and O–H groups in total. The molecule has 0 aliphatic rings. The van der Waals surface area contributed by atoms with Gasteiger partial charge in [-0.3, -0.25) is 0 Å². The van der Waals surface area contributed by atoms with E-state index in [0.717, 1.165) is 11.4 Å². The molecule has 2 nitrogen and oxygen atoms in total. The Morgan fingerprint density at radius 3 is 2.00 bits per heavy atom. The molecule has 0 spiro atoms. The molecule has 0 amide bonds. The van der Waals surface area contributed by atoms with Crippen molar-refractivity contribution in [3.63, 3.8) is 0 Å². The smallest absolute Gasteiger partial charge is 0.142 e. The Morgan fingerprint density at radius 2 is 1.60 bits per heavy atom. The lowest BCUT2D eigenvalue weighted by Gasteiger charge is -2.07. The van der Waals surface area contributed by atoms with Crippen LogP contribution in [-0.2, 0) is 0 Å². The van der Waals surface area contributed by atoms with E-state index in [-0.39, 0.29) is 0 Å². The predicted octanol–water partition coefficient (Wildman–Crippen LogP) is 4.10. The van der Waals surface area contributed by atoms with Crippen molar-refractivity contribution in [2.45, 2.75) is 34.6 Å². The molecule has 1 aromatic carbocycles. The van der Waals surface area contributed by atoms with Crippen LogP contribution in [0.4, 0.5) is 5.69 Å². The average Bonchev–Trinajstić information content (AvgIpc) is 2.34. The van der Waals surface area contributed by atoms with Gasteiger partial charge in [0.15, 0.2) is 0 Å². The minimum absolute atomic E-state index is 0.896. The number of benzene rings is 1. The first kappa shape index (κ1) is 16.3. The molecule has 88 valence electrons. The van der Waals surface area contributed by atoms with Crippen molar-refractivity contribution in [3.8, 4) is 5.75 Å². The fraction of sp³-hybridized carbons (Fsp3) is 0.538. The van der Waals surface area contributed by atoms with Crippen LogP contribution in [0.3, 0.4) is 0 Å². The van der Waals surface area contributed by atoms with E-state index in [1.165, 1.54) is 5.56 Å². The first-order chi connectivity index (χ1) is 7.27. The lowest BCUT2D eigenvalue weighted by molar-refractivity contribution is 0.416. The van der Waals surface area contributed by atoms with Crippen LogP contribution in [0.1, 0.15) is 33.3 Å². The number of methoxy groups -OCH3 is 1. The van der Waals surface area contributed by atoms with E-state index in [1.54, 1.807) is 7.11 Å². The molecule has 2 heteroatoms. The molecule has 0 saturated carbocycles. The van der Waals surface area contributed by atoms with Gasteiger partial charge in [0.05, 0.1) is 12.8 Å². The predicted molar refractivity (Wildman–Crippen MR) is 70.0 cm³/mol. The Kier molecular flexibility index (Phi) is 11.8. The van der Waals surface area contributed by atoms with Crippen molar-refractivity contribution in [2.75, 3.05) is 19.5 Å². The Bertz CT molecular complexity index is 246. The van der Waals surface area contributed by atoms with Crippen molar-refractivity contribution in [3.05, 3.63) is 23.8 Å². The third-order valence-electron chi connectivity index (χ3n) is 1.63. The highest BCUT2D eigenvalue weighted by Gasteiger charge is 1.98. The summed E-state index contributed by atoms with van der Waals surface area (Å²) in [5.74, 6) is 0.896. The second-order valence-electron chi connectivity index (χ2n) is 2.45. The number of nitrogens with one attached hydrogen (secondary N) is 1. The normalized spacial score (nSPS) is 7.67. The molecule has 0 radical (unpaired) electrons. The van der Waals surface area contributed by atoms with Gasteiger partial charge in [-0.1, -0.05) is 33.8 Å². The Labute approximate surface area is 94.7 Å². The molecule has 0 atom stereocenters. The molecule has 0 unspecified atom stereocenters. The Balaban J connectivity index is 0. The first-order valence-electron chi connectivity index (χ1n) is 5.60. The van der Waals surface area contributed by atoms with Gasteiger partial charge in [-0.2, -0.15) is 0 Å². The number of rotatable bonds is 2. The van der Waals surface area contributed by atoms with Crippen molar-refractivity contribution >= 4 is 5.69 Å². The molecule has 1 rings (SSSR count). The van der Waals surface area contributed by atoms with Crippen molar-refractivity contribution < 1.29 is 4.74 Å². The monoisotopic (exact) mass is 211 g/mol. The highest BCUT2D eigenvalue weighted by atomic mass is 16.5. The highest BCUT2D eigenvalue weighted by Crippen LogP contribution is 2.24. The lowest BCUT2D eigenvalue weighted by Crippen LogP contribution is -1.93. The molecule has 1 aromatic rings. The van der Waals surface area contributed by atoms with Crippen LogP contribution in [0.5, 0.6) is 5.75 Å². The maximum Gasteiger partial charge on any atom is 0.142 e. The van der Waals surface area contributed by atoms with Crippen LogP contribution in [-0.4, -0.2) is 14.2 Å². The molecule has 0 bridgehead atoms. The van der Waals surface area contributed by atoms with Crippen LogP contribution in [0, 0.1) is 6.92 Å². The topological polar surface area (TPSA) is 21.3 Å². The molecule has 15 heavy (non-hydrogen) atoms. The maximum atomic E-state index is 5.15. The molecule has 0 heterocycles. The quantitative estimate of drug-likeness (QED) is 0.795. The van der Waals surface area contributed by atoms with Crippen LogP contribution in [0.25, 0.3) is 0 Å². The van der Waals surface area contributed by atoms with E-state index >= 15 is 0 Å². The second kappa shape index (κ2) is 10.9. The fourth-order valence-corrected chi connectivity index (χ4v) is 1.00. The largest absolute Gasteiger partial charge is 0.495 e. The van der Waals surface area contributed by atoms with Gasteiger partial charge in [0.25, 0.3) is 0 Å².